The third kappa shape index (κ3) is 4.72. The fourth-order valence-electron chi connectivity index (χ4n) is 1.25. The summed E-state index contributed by atoms with van der Waals surface area (Å²) in [6, 6.07) is 1.91. The summed E-state index contributed by atoms with van der Waals surface area (Å²) < 4.78 is 0. The maximum absolute atomic E-state index is 8.61. The van der Waals surface area contributed by atoms with E-state index in [1.54, 1.807) is 6.20 Å². The Bertz CT molecular complexity index is 320. The van der Waals surface area contributed by atoms with Crippen LogP contribution in [-0.2, 0) is 0 Å². The molecule has 0 aliphatic heterocycles. The van der Waals surface area contributed by atoms with Crippen LogP contribution in [-0.4, -0.2) is 34.7 Å². The van der Waals surface area contributed by atoms with Gasteiger partial charge in [0.1, 0.15) is 5.82 Å². The lowest BCUT2D eigenvalue weighted by Crippen LogP contribution is -2.08. The average Bonchev–Trinajstić information content (AvgIpc) is 2.26. The predicted molar refractivity (Wildman–Crippen MR) is 70.9 cm³/mol. The van der Waals surface area contributed by atoms with Crippen LogP contribution in [0.5, 0.6) is 0 Å². The van der Waals surface area contributed by atoms with Crippen LogP contribution in [0.2, 0.25) is 0 Å². The van der Waals surface area contributed by atoms with Gasteiger partial charge in [0.2, 0.25) is 0 Å². The molecular formula is C11H19N3OS. The monoisotopic (exact) mass is 241 g/mol. The van der Waals surface area contributed by atoms with Crippen LogP contribution < -0.4 is 11.1 Å². The highest BCUT2D eigenvalue weighted by molar-refractivity contribution is 7.99. The Balaban J connectivity index is 2.21. The Morgan fingerprint density at radius 3 is 3.00 bits per heavy atom. The molecule has 1 rings (SSSR count). The zero-order chi connectivity index (χ0) is 11.8. The van der Waals surface area contributed by atoms with Crippen molar-refractivity contribution in [3.63, 3.8) is 0 Å². The van der Waals surface area contributed by atoms with Crippen molar-refractivity contribution in [2.75, 3.05) is 35.7 Å². The molecule has 1 aromatic heterocycles. The first-order valence-electron chi connectivity index (χ1n) is 5.38. The number of nitrogens with two attached hydrogens (primary N) is 1. The minimum atomic E-state index is 0.271. The van der Waals surface area contributed by atoms with Gasteiger partial charge in [-0.1, -0.05) is 0 Å². The number of rotatable bonds is 7. The first kappa shape index (κ1) is 13.1. The van der Waals surface area contributed by atoms with Gasteiger partial charge in [0.25, 0.3) is 0 Å². The molecule has 0 saturated heterocycles. The number of nitrogens with zero attached hydrogens (tertiary/aromatic N) is 1. The van der Waals surface area contributed by atoms with Crippen LogP contribution >= 0.6 is 11.8 Å². The summed E-state index contributed by atoms with van der Waals surface area (Å²) in [6.07, 6.45) is 2.66. The van der Waals surface area contributed by atoms with Crippen molar-refractivity contribution in [1.82, 2.24) is 4.98 Å². The molecule has 90 valence electrons. The van der Waals surface area contributed by atoms with Crippen molar-refractivity contribution in [1.29, 1.82) is 0 Å². The van der Waals surface area contributed by atoms with Gasteiger partial charge < -0.3 is 16.2 Å². The van der Waals surface area contributed by atoms with Crippen LogP contribution in [0.25, 0.3) is 0 Å². The molecule has 0 aromatic carbocycles. The summed E-state index contributed by atoms with van der Waals surface area (Å²) in [5, 5.41) is 11.8. The molecule has 0 bridgehead atoms. The summed E-state index contributed by atoms with van der Waals surface area (Å²) in [6.45, 7) is 3.08. The summed E-state index contributed by atoms with van der Waals surface area (Å²) in [5.41, 5.74) is 7.58. The van der Waals surface area contributed by atoms with Crippen molar-refractivity contribution in [2.24, 2.45) is 0 Å². The lowest BCUT2D eigenvalue weighted by atomic mass is 10.3. The van der Waals surface area contributed by atoms with E-state index in [1.165, 1.54) is 0 Å². The molecule has 0 fully saturated rings. The minimum absolute atomic E-state index is 0.271. The molecule has 0 unspecified atom stereocenters. The van der Waals surface area contributed by atoms with Crippen molar-refractivity contribution >= 4 is 23.3 Å². The highest BCUT2D eigenvalue weighted by atomic mass is 32.2. The molecule has 16 heavy (non-hydrogen) atoms. The minimum Gasteiger partial charge on any atom is -0.396 e. The number of aromatic nitrogens is 1. The molecule has 0 radical (unpaired) electrons. The zero-order valence-corrected chi connectivity index (χ0v) is 10.4. The summed E-state index contributed by atoms with van der Waals surface area (Å²) in [5.74, 6) is 2.75. The Labute approximate surface area is 101 Å². The molecule has 0 atom stereocenters. The number of hydrogen-bond donors (Lipinski definition) is 3. The van der Waals surface area contributed by atoms with Gasteiger partial charge >= 0.3 is 0 Å². The predicted octanol–water partition coefficient (Wildman–Crippen LogP) is 1.50. The van der Waals surface area contributed by atoms with E-state index in [9.17, 15) is 0 Å². The zero-order valence-electron chi connectivity index (χ0n) is 9.57. The summed E-state index contributed by atoms with van der Waals surface area (Å²) in [4.78, 5) is 4.23. The highest BCUT2D eigenvalue weighted by Gasteiger charge is 1.99. The van der Waals surface area contributed by atoms with E-state index in [4.69, 9.17) is 10.8 Å². The van der Waals surface area contributed by atoms with Gasteiger partial charge in [-0.3, -0.25) is 0 Å². The number of nitrogen functional groups attached to an aromatic ring is 1. The van der Waals surface area contributed by atoms with Gasteiger partial charge in [-0.2, -0.15) is 11.8 Å². The number of anilines is 2. The molecule has 0 aliphatic carbocycles. The first-order chi connectivity index (χ1) is 7.74. The molecule has 0 saturated carbocycles. The van der Waals surface area contributed by atoms with E-state index in [0.717, 1.165) is 35.9 Å². The number of nitrogens with one attached hydrogen (secondary N) is 1. The van der Waals surface area contributed by atoms with Gasteiger partial charge in [-0.15, -0.1) is 0 Å². The van der Waals surface area contributed by atoms with Crippen LogP contribution in [0.1, 0.15) is 12.0 Å². The van der Waals surface area contributed by atoms with Crippen molar-refractivity contribution in [3.8, 4) is 0 Å². The van der Waals surface area contributed by atoms with E-state index in [2.05, 4.69) is 10.3 Å². The van der Waals surface area contributed by atoms with E-state index < -0.39 is 0 Å². The molecule has 1 heterocycles. The lowest BCUT2D eigenvalue weighted by Gasteiger charge is -2.08. The second-order valence-corrected chi connectivity index (χ2v) is 4.79. The lowest BCUT2D eigenvalue weighted by molar-refractivity contribution is 0.296. The van der Waals surface area contributed by atoms with E-state index in [1.807, 2.05) is 24.8 Å². The van der Waals surface area contributed by atoms with Gasteiger partial charge in [-0.05, 0) is 30.7 Å². The standard InChI is InChI=1S/C11H19N3OS/c1-9-7-10(12)11(14-8-9)13-3-6-16-5-2-4-15/h7-8,15H,2-6,12H2,1H3,(H,13,14). The summed E-state index contributed by atoms with van der Waals surface area (Å²) in [7, 11) is 0. The fourth-order valence-corrected chi connectivity index (χ4v) is 2.03. The maximum Gasteiger partial charge on any atom is 0.149 e. The Morgan fingerprint density at radius 2 is 2.31 bits per heavy atom. The molecule has 0 spiro atoms. The van der Waals surface area contributed by atoms with Crippen LogP contribution in [0, 0.1) is 6.92 Å². The number of aliphatic hydroxyl groups excluding tert-OH is 1. The Kier molecular flexibility index (Phi) is 6.03. The van der Waals surface area contributed by atoms with Crippen LogP contribution in [0.4, 0.5) is 11.5 Å². The molecule has 0 amide bonds. The first-order valence-corrected chi connectivity index (χ1v) is 6.54. The number of hydrogen-bond acceptors (Lipinski definition) is 5. The topological polar surface area (TPSA) is 71.2 Å². The number of aliphatic hydroxyl groups is 1. The van der Waals surface area contributed by atoms with Crippen LogP contribution in [0.15, 0.2) is 12.3 Å². The van der Waals surface area contributed by atoms with E-state index in [-0.39, 0.29) is 6.61 Å². The third-order valence-corrected chi connectivity index (χ3v) is 3.11. The smallest absolute Gasteiger partial charge is 0.149 e. The van der Waals surface area contributed by atoms with Gasteiger partial charge in [0.05, 0.1) is 5.69 Å². The molecular weight excluding hydrogens is 222 g/mol. The second kappa shape index (κ2) is 7.35. The van der Waals surface area contributed by atoms with Crippen molar-refractivity contribution < 1.29 is 5.11 Å². The number of pyridine rings is 1. The number of aryl methyl sites for hydroxylation is 1. The Hall–Kier alpha value is -0.940. The molecule has 4 nitrogen and oxygen atoms in total. The molecule has 1 aromatic rings. The SMILES string of the molecule is Cc1cnc(NCCSCCCO)c(N)c1. The average molecular weight is 241 g/mol. The fraction of sp³-hybridized carbons (Fsp3) is 0.545. The van der Waals surface area contributed by atoms with Gasteiger partial charge in [0.15, 0.2) is 0 Å². The molecule has 0 aliphatic rings. The number of thioether (sulfide) groups is 1. The largest absolute Gasteiger partial charge is 0.396 e. The molecule has 4 N–H and O–H groups in total. The van der Waals surface area contributed by atoms with Gasteiger partial charge in [-0.25, -0.2) is 4.98 Å². The van der Waals surface area contributed by atoms with Crippen molar-refractivity contribution in [2.45, 2.75) is 13.3 Å². The molecule has 5 heteroatoms. The highest BCUT2D eigenvalue weighted by Crippen LogP contribution is 2.15. The quantitative estimate of drug-likeness (QED) is 0.631. The van der Waals surface area contributed by atoms with Crippen LogP contribution in [0.3, 0.4) is 0 Å². The van der Waals surface area contributed by atoms with Crippen molar-refractivity contribution in [3.05, 3.63) is 17.8 Å². The maximum atomic E-state index is 8.61. The van der Waals surface area contributed by atoms with E-state index >= 15 is 0 Å². The van der Waals surface area contributed by atoms with Gasteiger partial charge in [0, 0.05) is 25.1 Å². The second-order valence-electron chi connectivity index (χ2n) is 3.57. The Morgan fingerprint density at radius 1 is 1.50 bits per heavy atom. The third-order valence-electron chi connectivity index (χ3n) is 2.04. The normalized spacial score (nSPS) is 10.4. The summed E-state index contributed by atoms with van der Waals surface area (Å²) >= 11 is 1.81. The van der Waals surface area contributed by atoms with E-state index in [0.29, 0.717) is 5.69 Å².